The molecular weight excluding hydrogens is 222 g/mol. The summed E-state index contributed by atoms with van der Waals surface area (Å²) in [5.41, 5.74) is 6.35. The van der Waals surface area contributed by atoms with Crippen LogP contribution in [0.1, 0.15) is 22.7 Å². The quantitative estimate of drug-likeness (QED) is 0.750. The number of carbonyl (C=O) groups is 1. The highest BCUT2D eigenvalue weighted by Crippen LogP contribution is 2.14. The van der Waals surface area contributed by atoms with Gasteiger partial charge < -0.3 is 15.4 Å². The summed E-state index contributed by atoms with van der Waals surface area (Å²) < 4.78 is 1.77. The summed E-state index contributed by atoms with van der Waals surface area (Å²) in [6.07, 6.45) is 2.17. The molecule has 1 amide bonds. The number of imidazole rings is 1. The number of aromatic nitrogens is 4. The van der Waals surface area contributed by atoms with Gasteiger partial charge in [0, 0.05) is 13.2 Å². The molecular formula is C10H13N5O2. The van der Waals surface area contributed by atoms with Crippen molar-refractivity contribution < 1.29 is 9.90 Å². The molecule has 0 bridgehead atoms. The Balaban J connectivity index is 2.56. The predicted molar refractivity (Wildman–Crippen MR) is 60.3 cm³/mol. The number of nitrogens with two attached hydrogens (primary N) is 1. The molecule has 2 aromatic rings. The number of fused-ring (bicyclic) bond motifs is 1. The van der Waals surface area contributed by atoms with Crippen LogP contribution in [0.3, 0.4) is 0 Å². The minimum Gasteiger partial charge on any atom is -0.396 e. The SMILES string of the molecule is Cc1nc(C(N)=O)c2ncn(CCCO)c2n1. The smallest absolute Gasteiger partial charge is 0.269 e. The van der Waals surface area contributed by atoms with Crippen molar-refractivity contribution in [3.63, 3.8) is 0 Å². The van der Waals surface area contributed by atoms with Crippen molar-refractivity contribution in [2.24, 2.45) is 5.73 Å². The van der Waals surface area contributed by atoms with Crippen molar-refractivity contribution in [2.45, 2.75) is 19.9 Å². The molecule has 0 spiro atoms. The topological polar surface area (TPSA) is 107 Å². The molecule has 2 rings (SSSR count). The molecule has 0 saturated carbocycles. The van der Waals surface area contributed by atoms with Gasteiger partial charge in [-0.1, -0.05) is 0 Å². The Bertz CT molecular complexity index is 563. The van der Waals surface area contributed by atoms with Crippen LogP contribution in [-0.4, -0.2) is 37.1 Å². The van der Waals surface area contributed by atoms with E-state index in [1.54, 1.807) is 17.8 Å². The van der Waals surface area contributed by atoms with E-state index in [0.29, 0.717) is 30.0 Å². The number of aryl methyl sites for hydroxylation is 2. The van der Waals surface area contributed by atoms with Crippen molar-refractivity contribution >= 4 is 17.1 Å². The molecule has 0 radical (unpaired) electrons. The normalized spacial score (nSPS) is 10.9. The summed E-state index contributed by atoms with van der Waals surface area (Å²) in [5, 5.41) is 8.79. The number of hydrogen-bond acceptors (Lipinski definition) is 5. The van der Waals surface area contributed by atoms with Crippen LogP contribution in [0.15, 0.2) is 6.33 Å². The fourth-order valence-electron chi connectivity index (χ4n) is 1.63. The van der Waals surface area contributed by atoms with E-state index in [1.807, 2.05) is 0 Å². The highest BCUT2D eigenvalue weighted by Gasteiger charge is 2.15. The molecule has 0 aliphatic carbocycles. The predicted octanol–water partition coefficient (Wildman–Crippen LogP) is -0.384. The van der Waals surface area contributed by atoms with E-state index >= 15 is 0 Å². The largest absolute Gasteiger partial charge is 0.396 e. The van der Waals surface area contributed by atoms with Crippen LogP contribution in [0.2, 0.25) is 0 Å². The van der Waals surface area contributed by atoms with Gasteiger partial charge in [0.15, 0.2) is 11.3 Å². The van der Waals surface area contributed by atoms with Crippen LogP contribution in [0, 0.1) is 6.92 Å². The standard InChI is InChI=1S/C10H13N5O2/c1-6-13-7(9(11)17)8-10(14-6)15(5-12-8)3-2-4-16/h5,16H,2-4H2,1H3,(H2,11,17). The van der Waals surface area contributed by atoms with Gasteiger partial charge in [0.2, 0.25) is 0 Å². The Labute approximate surface area is 97.3 Å². The fraction of sp³-hybridized carbons (Fsp3) is 0.400. The Morgan fingerprint density at radius 1 is 1.53 bits per heavy atom. The maximum atomic E-state index is 11.2. The molecule has 0 unspecified atom stereocenters. The molecule has 0 atom stereocenters. The molecule has 0 fully saturated rings. The molecule has 0 saturated heterocycles. The molecule has 3 N–H and O–H groups in total. The lowest BCUT2D eigenvalue weighted by molar-refractivity contribution is 0.0997. The van der Waals surface area contributed by atoms with E-state index in [2.05, 4.69) is 15.0 Å². The minimum absolute atomic E-state index is 0.0897. The van der Waals surface area contributed by atoms with Gasteiger partial charge in [-0.05, 0) is 13.3 Å². The van der Waals surface area contributed by atoms with Crippen molar-refractivity contribution in [3.05, 3.63) is 17.8 Å². The van der Waals surface area contributed by atoms with Crippen LogP contribution in [0.4, 0.5) is 0 Å². The minimum atomic E-state index is -0.618. The van der Waals surface area contributed by atoms with Crippen molar-refractivity contribution in [1.29, 1.82) is 0 Å². The number of aliphatic hydroxyl groups is 1. The second-order valence-electron chi connectivity index (χ2n) is 3.67. The van der Waals surface area contributed by atoms with Gasteiger partial charge in [0.05, 0.1) is 6.33 Å². The first-order chi connectivity index (χ1) is 8.13. The molecule has 7 heteroatoms. The first-order valence-corrected chi connectivity index (χ1v) is 5.23. The summed E-state index contributed by atoms with van der Waals surface area (Å²) >= 11 is 0. The highest BCUT2D eigenvalue weighted by atomic mass is 16.3. The van der Waals surface area contributed by atoms with Gasteiger partial charge in [-0.3, -0.25) is 4.79 Å². The van der Waals surface area contributed by atoms with Crippen molar-refractivity contribution in [2.75, 3.05) is 6.61 Å². The molecule has 0 aliphatic rings. The Kier molecular flexibility index (Phi) is 3.01. The summed E-state index contributed by atoms with van der Waals surface area (Å²) in [6.45, 7) is 2.36. The lowest BCUT2D eigenvalue weighted by Gasteiger charge is -2.03. The Morgan fingerprint density at radius 2 is 2.29 bits per heavy atom. The Morgan fingerprint density at radius 3 is 2.94 bits per heavy atom. The summed E-state index contributed by atoms with van der Waals surface area (Å²) in [4.78, 5) is 23.5. The maximum Gasteiger partial charge on any atom is 0.269 e. The summed E-state index contributed by atoms with van der Waals surface area (Å²) in [7, 11) is 0. The monoisotopic (exact) mass is 235 g/mol. The maximum absolute atomic E-state index is 11.2. The average Bonchev–Trinajstić information content (AvgIpc) is 2.68. The van der Waals surface area contributed by atoms with E-state index in [4.69, 9.17) is 10.8 Å². The molecule has 0 aromatic carbocycles. The summed E-state index contributed by atoms with van der Waals surface area (Å²) in [5.74, 6) is -0.148. The third-order valence-corrected chi connectivity index (χ3v) is 2.37. The van der Waals surface area contributed by atoms with E-state index in [9.17, 15) is 4.79 Å². The zero-order valence-corrected chi connectivity index (χ0v) is 9.42. The Hall–Kier alpha value is -2.02. The van der Waals surface area contributed by atoms with Gasteiger partial charge in [-0.15, -0.1) is 0 Å². The number of primary amides is 1. The second kappa shape index (κ2) is 4.46. The zero-order valence-electron chi connectivity index (χ0n) is 9.42. The van der Waals surface area contributed by atoms with E-state index in [0.717, 1.165) is 0 Å². The molecule has 2 heterocycles. The van der Waals surface area contributed by atoms with Gasteiger partial charge in [-0.25, -0.2) is 15.0 Å². The number of rotatable bonds is 4. The van der Waals surface area contributed by atoms with Gasteiger partial charge in [0.25, 0.3) is 5.91 Å². The first-order valence-electron chi connectivity index (χ1n) is 5.23. The molecule has 90 valence electrons. The second-order valence-corrected chi connectivity index (χ2v) is 3.67. The van der Waals surface area contributed by atoms with Crippen molar-refractivity contribution in [3.8, 4) is 0 Å². The zero-order chi connectivity index (χ0) is 12.4. The highest BCUT2D eigenvalue weighted by molar-refractivity contribution is 6.01. The van der Waals surface area contributed by atoms with Crippen molar-refractivity contribution in [1.82, 2.24) is 19.5 Å². The van der Waals surface area contributed by atoms with Crippen LogP contribution < -0.4 is 5.73 Å². The van der Waals surface area contributed by atoms with Crippen LogP contribution in [-0.2, 0) is 6.54 Å². The van der Waals surface area contributed by atoms with Gasteiger partial charge in [-0.2, -0.15) is 0 Å². The van der Waals surface area contributed by atoms with E-state index in [-0.39, 0.29) is 12.3 Å². The van der Waals surface area contributed by atoms with E-state index < -0.39 is 5.91 Å². The lowest BCUT2D eigenvalue weighted by atomic mass is 10.3. The summed E-state index contributed by atoms with van der Waals surface area (Å²) in [6, 6.07) is 0. The average molecular weight is 235 g/mol. The molecule has 0 aliphatic heterocycles. The van der Waals surface area contributed by atoms with Crippen LogP contribution in [0.25, 0.3) is 11.2 Å². The van der Waals surface area contributed by atoms with Crippen LogP contribution in [0.5, 0.6) is 0 Å². The molecule has 17 heavy (non-hydrogen) atoms. The molecule has 7 nitrogen and oxygen atoms in total. The number of carbonyl (C=O) groups excluding carboxylic acids is 1. The van der Waals surface area contributed by atoms with Crippen LogP contribution >= 0.6 is 0 Å². The molecule has 2 aromatic heterocycles. The third kappa shape index (κ3) is 2.09. The lowest BCUT2D eigenvalue weighted by Crippen LogP contribution is -2.15. The first kappa shape index (κ1) is 11.5. The number of hydrogen-bond donors (Lipinski definition) is 2. The van der Waals surface area contributed by atoms with E-state index in [1.165, 1.54) is 0 Å². The van der Waals surface area contributed by atoms with Gasteiger partial charge >= 0.3 is 0 Å². The fourth-order valence-corrected chi connectivity index (χ4v) is 1.63. The number of amides is 1. The number of aliphatic hydroxyl groups excluding tert-OH is 1. The third-order valence-electron chi connectivity index (χ3n) is 2.37. The van der Waals surface area contributed by atoms with Gasteiger partial charge in [0.1, 0.15) is 11.3 Å². The number of nitrogens with zero attached hydrogens (tertiary/aromatic N) is 4.